The minimum Gasteiger partial charge on any atom is -0.456 e. The molecule has 0 fully saturated rings. The standard InChI is InChI=1S/C49H29N5OS/c1-4-10-30(11-5-1)33-16-20-41-37(26-33)38-28-35(17-21-42(38)55-41)48-52-47(32-14-8-3-9-15-32)53-49(54-48)36-19-23-44-46(45(36)40-24-25-50-29-51-40)39-27-34(18-22-43(39)56-44)31-12-6-2-7-13-31/h1-29H. The molecule has 0 saturated heterocycles. The van der Waals surface area contributed by atoms with Crippen LogP contribution in [-0.2, 0) is 0 Å². The van der Waals surface area contributed by atoms with Gasteiger partial charge in [-0.05, 0) is 82.9 Å². The van der Waals surface area contributed by atoms with Gasteiger partial charge in [-0.2, -0.15) is 0 Å². The molecule has 0 atom stereocenters. The van der Waals surface area contributed by atoms with Crippen LogP contribution < -0.4 is 0 Å². The van der Waals surface area contributed by atoms with E-state index in [4.69, 9.17) is 24.4 Å². The number of thiophene rings is 1. The van der Waals surface area contributed by atoms with Crippen LogP contribution in [0.1, 0.15) is 0 Å². The van der Waals surface area contributed by atoms with Crippen molar-refractivity contribution in [3.63, 3.8) is 0 Å². The summed E-state index contributed by atoms with van der Waals surface area (Å²) < 4.78 is 8.68. The van der Waals surface area contributed by atoms with E-state index in [1.54, 1.807) is 23.9 Å². The highest BCUT2D eigenvalue weighted by atomic mass is 32.1. The zero-order chi connectivity index (χ0) is 37.0. The number of hydrogen-bond acceptors (Lipinski definition) is 7. The summed E-state index contributed by atoms with van der Waals surface area (Å²) in [6.45, 7) is 0. The van der Waals surface area contributed by atoms with Crippen LogP contribution in [0.5, 0.6) is 0 Å². The highest BCUT2D eigenvalue weighted by Crippen LogP contribution is 2.45. The number of furan rings is 1. The molecule has 6 nitrogen and oxygen atoms in total. The summed E-state index contributed by atoms with van der Waals surface area (Å²) in [5.41, 5.74) is 10.6. The Kier molecular flexibility index (Phi) is 7.57. The van der Waals surface area contributed by atoms with E-state index in [1.807, 2.05) is 66.7 Å². The summed E-state index contributed by atoms with van der Waals surface area (Å²) in [6, 6.07) is 56.5. The van der Waals surface area contributed by atoms with Crippen LogP contribution >= 0.6 is 11.3 Å². The van der Waals surface area contributed by atoms with Crippen molar-refractivity contribution in [3.05, 3.63) is 176 Å². The Labute approximate surface area is 325 Å². The predicted molar refractivity (Wildman–Crippen MR) is 228 cm³/mol. The molecule has 0 saturated carbocycles. The van der Waals surface area contributed by atoms with Gasteiger partial charge in [-0.1, -0.05) is 103 Å². The van der Waals surface area contributed by atoms with Crippen molar-refractivity contribution >= 4 is 53.4 Å². The van der Waals surface area contributed by atoms with Gasteiger partial charge in [-0.3, -0.25) is 0 Å². The Bertz CT molecular complexity index is 3240. The third-order valence-electron chi connectivity index (χ3n) is 10.3. The Morgan fingerprint density at radius 2 is 0.982 bits per heavy atom. The summed E-state index contributed by atoms with van der Waals surface area (Å²) in [7, 11) is 0. The minimum absolute atomic E-state index is 0.562. The van der Waals surface area contributed by atoms with Gasteiger partial charge in [0.25, 0.3) is 0 Å². The normalized spacial score (nSPS) is 11.6. The topological polar surface area (TPSA) is 77.6 Å². The van der Waals surface area contributed by atoms with Crippen molar-refractivity contribution in [2.45, 2.75) is 0 Å². The first-order valence-electron chi connectivity index (χ1n) is 18.4. The Morgan fingerprint density at radius 3 is 1.64 bits per heavy atom. The molecule has 7 heteroatoms. The smallest absolute Gasteiger partial charge is 0.164 e. The molecule has 0 radical (unpaired) electrons. The van der Waals surface area contributed by atoms with Gasteiger partial charge in [0.2, 0.25) is 0 Å². The molecule has 4 heterocycles. The van der Waals surface area contributed by atoms with E-state index in [1.165, 1.54) is 10.3 Å². The maximum Gasteiger partial charge on any atom is 0.164 e. The lowest BCUT2D eigenvalue weighted by molar-refractivity contribution is 0.669. The second-order valence-electron chi connectivity index (χ2n) is 13.7. The van der Waals surface area contributed by atoms with Gasteiger partial charge in [-0.25, -0.2) is 24.9 Å². The summed E-state index contributed by atoms with van der Waals surface area (Å²) >= 11 is 1.78. The highest BCUT2D eigenvalue weighted by Gasteiger charge is 2.22. The number of nitrogens with zero attached hydrogens (tertiary/aromatic N) is 5. The average molecular weight is 736 g/mol. The molecule has 0 spiro atoms. The molecule has 0 aliphatic rings. The summed E-state index contributed by atoms with van der Waals surface area (Å²) in [6.07, 6.45) is 3.39. The molecule has 0 N–H and O–H groups in total. The van der Waals surface area contributed by atoms with Crippen molar-refractivity contribution in [2.24, 2.45) is 0 Å². The average Bonchev–Trinajstić information content (AvgIpc) is 3.84. The third kappa shape index (κ3) is 5.52. The van der Waals surface area contributed by atoms with Crippen LogP contribution in [0.2, 0.25) is 0 Å². The molecule has 262 valence electrons. The van der Waals surface area contributed by atoms with Gasteiger partial charge in [0.05, 0.1) is 5.69 Å². The van der Waals surface area contributed by atoms with Gasteiger partial charge in [-0.15, -0.1) is 11.3 Å². The van der Waals surface area contributed by atoms with Crippen molar-refractivity contribution in [1.29, 1.82) is 0 Å². The van der Waals surface area contributed by atoms with Gasteiger partial charge < -0.3 is 4.42 Å². The monoisotopic (exact) mass is 735 g/mol. The number of benzene rings is 7. The van der Waals surface area contributed by atoms with E-state index in [9.17, 15) is 0 Å². The van der Waals surface area contributed by atoms with Crippen LogP contribution in [0, 0.1) is 0 Å². The Hall–Kier alpha value is -7.35. The Balaban J connectivity index is 1.15. The molecule has 0 aliphatic carbocycles. The molecular formula is C49H29N5OS. The van der Waals surface area contributed by atoms with E-state index >= 15 is 0 Å². The summed E-state index contributed by atoms with van der Waals surface area (Å²) in [4.78, 5) is 24.6. The van der Waals surface area contributed by atoms with Crippen LogP contribution in [0.25, 0.3) is 110 Å². The third-order valence-corrected chi connectivity index (χ3v) is 11.5. The Morgan fingerprint density at radius 1 is 0.429 bits per heavy atom. The van der Waals surface area contributed by atoms with Crippen LogP contribution in [-0.4, -0.2) is 24.9 Å². The minimum atomic E-state index is 0.562. The first-order valence-corrected chi connectivity index (χ1v) is 19.2. The lowest BCUT2D eigenvalue weighted by Crippen LogP contribution is -2.01. The van der Waals surface area contributed by atoms with Gasteiger partial charge in [0.15, 0.2) is 17.5 Å². The number of rotatable bonds is 6. The first kappa shape index (κ1) is 32.1. The predicted octanol–water partition coefficient (Wildman–Crippen LogP) is 12.9. The van der Waals surface area contributed by atoms with Crippen LogP contribution in [0.3, 0.4) is 0 Å². The lowest BCUT2D eigenvalue weighted by atomic mass is 9.95. The SMILES string of the molecule is c1ccc(-c2ccc3oc4ccc(-c5nc(-c6ccccc6)nc(-c6ccc7sc8ccc(-c9ccccc9)cc8c7c6-c6ccncn6)n5)cc4c3c2)cc1. The molecule has 0 bridgehead atoms. The largest absolute Gasteiger partial charge is 0.456 e. The van der Waals surface area contributed by atoms with Crippen molar-refractivity contribution < 1.29 is 4.42 Å². The molecule has 0 amide bonds. The fourth-order valence-electron chi connectivity index (χ4n) is 7.64. The maximum absolute atomic E-state index is 6.33. The van der Waals surface area contributed by atoms with Crippen LogP contribution in [0.15, 0.2) is 181 Å². The van der Waals surface area contributed by atoms with E-state index in [2.05, 4.69) is 102 Å². The van der Waals surface area contributed by atoms with Crippen molar-refractivity contribution in [2.75, 3.05) is 0 Å². The van der Waals surface area contributed by atoms with Gasteiger partial charge in [0.1, 0.15) is 17.5 Å². The molecule has 4 aromatic heterocycles. The first-order chi connectivity index (χ1) is 27.7. The van der Waals surface area contributed by atoms with E-state index in [0.717, 1.165) is 82.0 Å². The highest BCUT2D eigenvalue weighted by molar-refractivity contribution is 7.26. The number of aromatic nitrogens is 5. The van der Waals surface area contributed by atoms with E-state index in [0.29, 0.717) is 17.5 Å². The zero-order valence-corrected chi connectivity index (χ0v) is 30.6. The lowest BCUT2D eigenvalue weighted by Gasteiger charge is -2.13. The molecule has 7 aromatic carbocycles. The van der Waals surface area contributed by atoms with Gasteiger partial charge >= 0.3 is 0 Å². The second-order valence-corrected chi connectivity index (χ2v) is 14.8. The fraction of sp³-hybridized carbons (Fsp3) is 0. The maximum atomic E-state index is 6.33. The quantitative estimate of drug-likeness (QED) is 0.169. The van der Waals surface area contributed by atoms with Crippen molar-refractivity contribution in [3.8, 4) is 67.7 Å². The zero-order valence-electron chi connectivity index (χ0n) is 29.8. The van der Waals surface area contributed by atoms with Crippen LogP contribution in [0.4, 0.5) is 0 Å². The molecular weight excluding hydrogens is 707 g/mol. The summed E-state index contributed by atoms with van der Waals surface area (Å²) in [5.74, 6) is 1.72. The second kappa shape index (κ2) is 13.2. The van der Waals surface area contributed by atoms with E-state index < -0.39 is 0 Å². The molecule has 11 aromatic rings. The van der Waals surface area contributed by atoms with Gasteiger partial charge in [0, 0.05) is 59.4 Å². The van der Waals surface area contributed by atoms with Crippen molar-refractivity contribution in [1.82, 2.24) is 24.9 Å². The summed E-state index contributed by atoms with van der Waals surface area (Å²) in [5, 5.41) is 4.31. The number of hydrogen-bond donors (Lipinski definition) is 0. The fourth-order valence-corrected chi connectivity index (χ4v) is 8.73. The molecule has 0 aliphatic heterocycles. The van der Waals surface area contributed by atoms with E-state index in [-0.39, 0.29) is 0 Å². The molecule has 11 rings (SSSR count). The molecule has 0 unspecified atom stereocenters. The molecule has 56 heavy (non-hydrogen) atoms. The number of fused-ring (bicyclic) bond motifs is 6.